The van der Waals surface area contributed by atoms with Crippen molar-refractivity contribution in [2.75, 3.05) is 27.2 Å². The van der Waals surface area contributed by atoms with Crippen LogP contribution >= 0.6 is 0 Å². The number of likely N-dealkylation sites (N-methyl/N-ethyl adjacent to an activating group) is 2. The van der Waals surface area contributed by atoms with E-state index in [2.05, 4.69) is 74.1 Å². The minimum absolute atomic E-state index is 0.623. The Balaban J connectivity index is 1.74. The van der Waals surface area contributed by atoms with Gasteiger partial charge in [0.15, 0.2) is 0 Å². The number of hydrogen-bond acceptors (Lipinski definition) is 2. The monoisotopic (exact) mass is 316 g/mol. The van der Waals surface area contributed by atoms with Gasteiger partial charge in [0.1, 0.15) is 0 Å². The first-order valence-corrected chi connectivity index (χ1v) is 8.91. The van der Waals surface area contributed by atoms with Crippen LogP contribution < -0.4 is 0 Å². The molecule has 2 aliphatic heterocycles. The molecule has 3 aromatic carbocycles. The zero-order chi connectivity index (χ0) is 16.6. The molecule has 2 aliphatic rings. The molecule has 4 unspecified atom stereocenters. The SMILES string of the molecule is Cc1c2ccc(C3CN3C)cc2c(C)c2ccc(C3CN3C)cc12. The van der Waals surface area contributed by atoms with Gasteiger partial charge in [0, 0.05) is 25.2 Å². The fourth-order valence-electron chi connectivity index (χ4n) is 4.27. The molecule has 3 aromatic rings. The highest BCUT2D eigenvalue weighted by atomic mass is 15.3. The maximum absolute atomic E-state index is 2.42. The molecule has 2 fully saturated rings. The molecular formula is C22H24N2. The highest BCUT2D eigenvalue weighted by Gasteiger charge is 2.32. The summed E-state index contributed by atoms with van der Waals surface area (Å²) in [5, 5.41) is 5.67. The largest absolute Gasteiger partial charge is 0.296 e. The topological polar surface area (TPSA) is 6.02 Å². The van der Waals surface area contributed by atoms with E-state index in [0.717, 1.165) is 0 Å². The molecule has 4 atom stereocenters. The maximum Gasteiger partial charge on any atom is 0.0473 e. The summed E-state index contributed by atoms with van der Waals surface area (Å²) in [6.45, 7) is 6.95. The minimum atomic E-state index is 0.623. The summed E-state index contributed by atoms with van der Waals surface area (Å²) in [6, 6.07) is 15.4. The highest BCUT2D eigenvalue weighted by molar-refractivity contribution is 6.05. The molecule has 24 heavy (non-hydrogen) atoms. The van der Waals surface area contributed by atoms with E-state index in [0.29, 0.717) is 12.1 Å². The number of hydrogen-bond donors (Lipinski definition) is 0. The quantitative estimate of drug-likeness (QED) is 0.504. The summed E-state index contributed by atoms with van der Waals surface area (Å²) in [5.74, 6) is 0. The lowest BCUT2D eigenvalue weighted by Gasteiger charge is -2.14. The lowest BCUT2D eigenvalue weighted by Crippen LogP contribution is -1.94. The summed E-state index contributed by atoms with van der Waals surface area (Å²) in [6.07, 6.45) is 0. The van der Waals surface area contributed by atoms with E-state index in [-0.39, 0.29) is 0 Å². The number of fused-ring (bicyclic) bond motifs is 2. The molecule has 0 spiro atoms. The van der Waals surface area contributed by atoms with E-state index in [1.54, 1.807) is 0 Å². The van der Waals surface area contributed by atoms with Crippen LogP contribution in [0.3, 0.4) is 0 Å². The third-order valence-electron chi connectivity index (χ3n) is 6.19. The van der Waals surface area contributed by atoms with Crippen LogP contribution in [0.4, 0.5) is 0 Å². The Bertz CT molecular complexity index is 907. The molecule has 0 bridgehead atoms. The number of rotatable bonds is 2. The number of nitrogens with zero attached hydrogens (tertiary/aromatic N) is 2. The predicted molar refractivity (Wildman–Crippen MR) is 102 cm³/mol. The van der Waals surface area contributed by atoms with Gasteiger partial charge in [-0.3, -0.25) is 9.80 Å². The van der Waals surface area contributed by atoms with Crippen LogP contribution in [0.5, 0.6) is 0 Å². The Morgan fingerprint density at radius 3 is 1.38 bits per heavy atom. The summed E-state index contributed by atoms with van der Waals surface area (Å²) < 4.78 is 0. The molecule has 0 amide bonds. The first-order chi connectivity index (χ1) is 11.5. The molecule has 0 aliphatic carbocycles. The second-order valence-corrected chi connectivity index (χ2v) is 7.77. The second-order valence-electron chi connectivity index (χ2n) is 7.77. The molecule has 0 N–H and O–H groups in total. The third kappa shape index (κ3) is 2.03. The van der Waals surface area contributed by atoms with Crippen molar-refractivity contribution in [1.29, 1.82) is 0 Å². The molecule has 122 valence electrons. The fourth-order valence-corrected chi connectivity index (χ4v) is 4.27. The zero-order valence-electron chi connectivity index (χ0n) is 14.9. The molecule has 2 heteroatoms. The Hall–Kier alpha value is -1.90. The normalized spacial score (nSPS) is 28.5. The predicted octanol–water partition coefficient (Wildman–Crippen LogP) is 4.58. The summed E-state index contributed by atoms with van der Waals surface area (Å²) in [4.78, 5) is 4.78. The van der Waals surface area contributed by atoms with Gasteiger partial charge in [-0.25, -0.2) is 0 Å². The molecule has 0 radical (unpaired) electrons. The van der Waals surface area contributed by atoms with Gasteiger partial charge in [-0.05, 0) is 83.9 Å². The minimum Gasteiger partial charge on any atom is -0.296 e. The van der Waals surface area contributed by atoms with Crippen LogP contribution in [0.25, 0.3) is 21.5 Å². The smallest absolute Gasteiger partial charge is 0.0473 e. The van der Waals surface area contributed by atoms with Crippen molar-refractivity contribution >= 4 is 21.5 Å². The van der Waals surface area contributed by atoms with Gasteiger partial charge in [-0.15, -0.1) is 0 Å². The number of benzene rings is 3. The molecule has 2 heterocycles. The molecule has 0 saturated carbocycles. The molecule has 5 rings (SSSR count). The van der Waals surface area contributed by atoms with Crippen molar-refractivity contribution in [2.24, 2.45) is 0 Å². The van der Waals surface area contributed by atoms with Crippen LogP contribution in [0.1, 0.15) is 34.3 Å². The Morgan fingerprint density at radius 1 is 0.667 bits per heavy atom. The van der Waals surface area contributed by atoms with E-state index in [1.165, 1.54) is 56.9 Å². The van der Waals surface area contributed by atoms with Crippen molar-refractivity contribution in [3.05, 3.63) is 58.7 Å². The molecule has 2 saturated heterocycles. The van der Waals surface area contributed by atoms with Crippen molar-refractivity contribution in [3.63, 3.8) is 0 Å². The Labute approximate surface area is 143 Å². The van der Waals surface area contributed by atoms with E-state index < -0.39 is 0 Å². The average molecular weight is 316 g/mol. The molecule has 2 nitrogen and oxygen atoms in total. The Morgan fingerprint density at radius 2 is 1.04 bits per heavy atom. The van der Waals surface area contributed by atoms with Gasteiger partial charge in [0.25, 0.3) is 0 Å². The summed E-state index contributed by atoms with van der Waals surface area (Å²) in [7, 11) is 4.40. The first kappa shape index (κ1) is 14.4. The lowest BCUT2D eigenvalue weighted by atomic mass is 9.90. The van der Waals surface area contributed by atoms with Crippen molar-refractivity contribution in [1.82, 2.24) is 9.80 Å². The van der Waals surface area contributed by atoms with Gasteiger partial charge in [0.05, 0.1) is 0 Å². The summed E-state index contributed by atoms with van der Waals surface area (Å²) in [5.41, 5.74) is 5.77. The van der Waals surface area contributed by atoms with Gasteiger partial charge >= 0.3 is 0 Å². The lowest BCUT2D eigenvalue weighted by molar-refractivity contribution is 0.631. The summed E-state index contributed by atoms with van der Waals surface area (Å²) >= 11 is 0. The van der Waals surface area contributed by atoms with Crippen LogP contribution in [0.15, 0.2) is 36.4 Å². The van der Waals surface area contributed by atoms with E-state index in [9.17, 15) is 0 Å². The fraction of sp³-hybridized carbons (Fsp3) is 0.364. The van der Waals surface area contributed by atoms with Crippen molar-refractivity contribution in [2.45, 2.75) is 25.9 Å². The van der Waals surface area contributed by atoms with Crippen molar-refractivity contribution < 1.29 is 0 Å². The zero-order valence-corrected chi connectivity index (χ0v) is 14.9. The van der Waals surface area contributed by atoms with Crippen LogP contribution in [0.2, 0.25) is 0 Å². The highest BCUT2D eigenvalue weighted by Crippen LogP contribution is 2.40. The maximum atomic E-state index is 2.42. The van der Waals surface area contributed by atoms with E-state index in [1.807, 2.05) is 0 Å². The van der Waals surface area contributed by atoms with Gasteiger partial charge in [-0.1, -0.05) is 24.3 Å². The van der Waals surface area contributed by atoms with Gasteiger partial charge < -0.3 is 0 Å². The molecular weight excluding hydrogens is 292 g/mol. The van der Waals surface area contributed by atoms with Gasteiger partial charge in [-0.2, -0.15) is 0 Å². The van der Waals surface area contributed by atoms with Gasteiger partial charge in [0.2, 0.25) is 0 Å². The average Bonchev–Trinajstić information content (AvgIpc) is 3.50. The Kier molecular flexibility index (Phi) is 2.89. The van der Waals surface area contributed by atoms with Crippen molar-refractivity contribution in [3.8, 4) is 0 Å². The second kappa shape index (κ2) is 4.81. The van der Waals surface area contributed by atoms with E-state index >= 15 is 0 Å². The standard InChI is InChI=1S/C22H24N2/c1-13-17-7-5-16(22-12-24(22)4)10-20(17)14(2)18-8-6-15(9-19(13)18)21-11-23(21)3/h5-10,21-22H,11-12H2,1-4H3. The third-order valence-corrected chi connectivity index (χ3v) is 6.19. The number of aryl methyl sites for hydroxylation is 2. The van der Waals surface area contributed by atoms with Crippen LogP contribution in [0, 0.1) is 13.8 Å². The molecule has 0 aromatic heterocycles. The van der Waals surface area contributed by atoms with Crippen LogP contribution in [-0.2, 0) is 0 Å². The first-order valence-electron chi connectivity index (χ1n) is 8.91. The van der Waals surface area contributed by atoms with Crippen LogP contribution in [-0.4, -0.2) is 37.0 Å². The van der Waals surface area contributed by atoms with E-state index in [4.69, 9.17) is 0 Å².